The molecule has 0 unspecified atom stereocenters. The van der Waals surface area contributed by atoms with E-state index in [0.717, 1.165) is 32.1 Å². The quantitative estimate of drug-likeness (QED) is 0.408. The predicted molar refractivity (Wildman–Crippen MR) is 144 cm³/mol. The molecule has 2 amide bonds. The summed E-state index contributed by atoms with van der Waals surface area (Å²) in [5.41, 5.74) is -2.97. The number of carbonyl (C=O) groups is 2. The number of carbonyl (C=O) groups excluding carboxylic acids is 2. The average molecular weight is 580 g/mol. The number of anilines is 1. The summed E-state index contributed by atoms with van der Waals surface area (Å²) >= 11 is 12.5. The maximum atomic E-state index is 15.8. The van der Waals surface area contributed by atoms with Crippen molar-refractivity contribution in [1.82, 2.24) is 10.6 Å². The number of benzene rings is 2. The van der Waals surface area contributed by atoms with E-state index in [-0.39, 0.29) is 35.4 Å². The average Bonchev–Trinajstić information content (AvgIpc) is 3.37. The summed E-state index contributed by atoms with van der Waals surface area (Å²) in [5, 5.41) is 9.65. The molecule has 10 heteroatoms. The second-order valence-electron chi connectivity index (χ2n) is 11.7. The first-order valence-electron chi connectivity index (χ1n) is 13.5. The van der Waals surface area contributed by atoms with Gasteiger partial charge in [0.05, 0.1) is 24.4 Å². The highest BCUT2D eigenvalue weighted by Gasteiger charge is 2.78. The summed E-state index contributed by atoms with van der Waals surface area (Å²) in [7, 11) is 0. The number of rotatable bonds is 5. The summed E-state index contributed by atoms with van der Waals surface area (Å²) in [4.78, 5) is 28.2. The van der Waals surface area contributed by atoms with E-state index in [2.05, 4.69) is 16.0 Å². The molecular formula is C29H30Cl2F3N3O2. The number of hydrogen-bond donors (Lipinski definition) is 3. The molecule has 2 spiro atoms. The smallest absolute Gasteiger partial charge is 0.238 e. The Morgan fingerprint density at radius 2 is 1.77 bits per heavy atom. The molecule has 0 radical (unpaired) electrons. The number of nitrogens with one attached hydrogen (secondary N) is 3. The molecule has 2 aliphatic carbocycles. The van der Waals surface area contributed by atoms with Crippen LogP contribution in [0.4, 0.5) is 18.9 Å². The molecule has 39 heavy (non-hydrogen) atoms. The van der Waals surface area contributed by atoms with Gasteiger partial charge in [0.25, 0.3) is 0 Å². The maximum absolute atomic E-state index is 15.8. The number of amides is 2. The lowest BCUT2D eigenvalue weighted by atomic mass is 9.46. The zero-order valence-electron chi connectivity index (χ0n) is 21.3. The summed E-state index contributed by atoms with van der Waals surface area (Å²) in [5.74, 6) is -2.60. The standard InChI is InChI=1S/C29H30Cl2F3N3O2/c30-16-9-10-19-21(11-16)36-26(39)29(19)22(18-7-4-8-20(31)23(18)34)24(25(38)35-17-5-2-1-3-6-17)37-28(29)12-27(13-28,14-32)15-33/h4,7-11,17,22,24,37H,1-3,5-6,12-15H2,(H,35,38)(H,36,39)/t22-,24+,29+/m0/s1. The van der Waals surface area contributed by atoms with Gasteiger partial charge in [0.1, 0.15) is 11.2 Å². The van der Waals surface area contributed by atoms with Crippen LogP contribution in [0.5, 0.6) is 0 Å². The Morgan fingerprint density at radius 1 is 1.05 bits per heavy atom. The Labute approximate surface area is 235 Å². The minimum atomic E-state index is -1.54. The zero-order valence-corrected chi connectivity index (χ0v) is 22.8. The maximum Gasteiger partial charge on any atom is 0.238 e. The molecule has 4 aliphatic rings. The lowest BCUT2D eigenvalue weighted by molar-refractivity contribution is -0.131. The lowest BCUT2D eigenvalue weighted by Gasteiger charge is -2.59. The van der Waals surface area contributed by atoms with Gasteiger partial charge in [-0.3, -0.25) is 23.7 Å². The minimum Gasteiger partial charge on any atom is -0.352 e. The van der Waals surface area contributed by atoms with E-state index in [1.807, 2.05) is 0 Å². The highest BCUT2D eigenvalue weighted by Crippen LogP contribution is 2.68. The number of alkyl halides is 2. The molecule has 0 aromatic heterocycles. The monoisotopic (exact) mass is 579 g/mol. The highest BCUT2D eigenvalue weighted by molar-refractivity contribution is 6.31. The van der Waals surface area contributed by atoms with Crippen LogP contribution >= 0.6 is 23.2 Å². The van der Waals surface area contributed by atoms with Crippen molar-refractivity contribution in [2.45, 2.75) is 73.9 Å². The molecule has 3 N–H and O–H groups in total. The van der Waals surface area contributed by atoms with E-state index in [4.69, 9.17) is 23.2 Å². The van der Waals surface area contributed by atoms with Crippen LogP contribution in [0.15, 0.2) is 36.4 Å². The third-order valence-electron chi connectivity index (χ3n) is 9.47. The van der Waals surface area contributed by atoms with Crippen LogP contribution in [0.1, 0.15) is 62.0 Å². The van der Waals surface area contributed by atoms with E-state index in [9.17, 15) is 18.4 Å². The van der Waals surface area contributed by atoms with Gasteiger partial charge < -0.3 is 10.6 Å². The Hall–Kier alpha value is -2.29. The Morgan fingerprint density at radius 3 is 2.46 bits per heavy atom. The molecule has 5 nitrogen and oxygen atoms in total. The molecule has 3 fully saturated rings. The van der Waals surface area contributed by atoms with Gasteiger partial charge in [-0.2, -0.15) is 0 Å². The van der Waals surface area contributed by atoms with Crippen molar-refractivity contribution in [2.24, 2.45) is 5.41 Å². The molecule has 208 valence electrons. The Bertz CT molecular complexity index is 1320. The summed E-state index contributed by atoms with van der Waals surface area (Å²) in [6.45, 7) is -1.82. The first-order chi connectivity index (χ1) is 18.7. The second-order valence-corrected chi connectivity index (χ2v) is 12.6. The van der Waals surface area contributed by atoms with Gasteiger partial charge in [0.2, 0.25) is 11.8 Å². The van der Waals surface area contributed by atoms with E-state index in [0.29, 0.717) is 16.3 Å². The van der Waals surface area contributed by atoms with Gasteiger partial charge >= 0.3 is 0 Å². The van der Waals surface area contributed by atoms with Crippen LogP contribution < -0.4 is 16.0 Å². The van der Waals surface area contributed by atoms with Crippen molar-refractivity contribution in [3.8, 4) is 0 Å². The van der Waals surface area contributed by atoms with Crippen molar-refractivity contribution in [1.29, 1.82) is 0 Å². The summed E-state index contributed by atoms with van der Waals surface area (Å²) in [6, 6.07) is 8.37. The van der Waals surface area contributed by atoms with Gasteiger partial charge in [0.15, 0.2) is 0 Å². The van der Waals surface area contributed by atoms with Gasteiger partial charge in [-0.05, 0) is 55.0 Å². The van der Waals surface area contributed by atoms with Crippen LogP contribution in [0.3, 0.4) is 0 Å². The van der Waals surface area contributed by atoms with Gasteiger partial charge in [-0.25, -0.2) is 4.39 Å². The van der Waals surface area contributed by atoms with Crippen LogP contribution in [0.2, 0.25) is 10.0 Å². The fourth-order valence-electron chi connectivity index (χ4n) is 7.90. The first kappa shape index (κ1) is 26.9. The normalized spacial score (nSPS) is 28.8. The van der Waals surface area contributed by atoms with Crippen molar-refractivity contribution in [2.75, 3.05) is 18.7 Å². The van der Waals surface area contributed by atoms with Crippen molar-refractivity contribution >= 4 is 40.7 Å². The summed E-state index contributed by atoms with van der Waals surface area (Å²) in [6.07, 6.45) is 4.69. The topological polar surface area (TPSA) is 70.2 Å². The van der Waals surface area contributed by atoms with Crippen molar-refractivity contribution < 1.29 is 22.8 Å². The highest BCUT2D eigenvalue weighted by atomic mass is 35.5. The van der Waals surface area contributed by atoms with Crippen LogP contribution in [-0.4, -0.2) is 42.8 Å². The number of fused-ring (bicyclic) bond motifs is 3. The molecule has 0 bridgehead atoms. The molecule has 6 rings (SSSR count). The third-order valence-corrected chi connectivity index (χ3v) is 10.00. The fourth-order valence-corrected chi connectivity index (χ4v) is 8.25. The first-order valence-corrected chi connectivity index (χ1v) is 14.2. The third kappa shape index (κ3) is 3.85. The molecule has 1 saturated heterocycles. The molecule has 2 aromatic carbocycles. The molecule has 3 atom stereocenters. The number of halogens is 5. The van der Waals surface area contributed by atoms with Gasteiger partial charge in [-0.1, -0.05) is 60.7 Å². The Balaban J connectivity index is 1.56. The largest absolute Gasteiger partial charge is 0.352 e. The van der Waals surface area contributed by atoms with E-state index in [1.54, 1.807) is 24.3 Å². The molecule has 2 saturated carbocycles. The SMILES string of the molecule is O=C(NC1CCCCC1)[C@@H]1NC2(CC(CF)(CF)C2)[C@@]2(C(=O)Nc3cc(Cl)ccc32)[C@H]1c1cccc(Cl)c1F. The van der Waals surface area contributed by atoms with Crippen molar-refractivity contribution in [3.05, 3.63) is 63.4 Å². The molecule has 2 aliphatic heterocycles. The Kier molecular flexibility index (Phi) is 6.67. The van der Waals surface area contributed by atoms with Crippen LogP contribution in [-0.2, 0) is 15.0 Å². The van der Waals surface area contributed by atoms with Crippen molar-refractivity contribution in [3.63, 3.8) is 0 Å². The van der Waals surface area contributed by atoms with Gasteiger partial charge in [-0.15, -0.1) is 0 Å². The second kappa shape index (κ2) is 9.67. The fraction of sp³-hybridized carbons (Fsp3) is 0.517. The molecule has 2 aromatic rings. The minimum absolute atomic E-state index is 0.0334. The van der Waals surface area contributed by atoms with Crippen LogP contribution in [0.25, 0.3) is 0 Å². The van der Waals surface area contributed by atoms with E-state index < -0.39 is 53.4 Å². The lowest BCUT2D eigenvalue weighted by Crippen LogP contribution is -2.70. The van der Waals surface area contributed by atoms with E-state index >= 15 is 4.39 Å². The summed E-state index contributed by atoms with van der Waals surface area (Å²) < 4.78 is 44.3. The van der Waals surface area contributed by atoms with E-state index in [1.165, 1.54) is 12.1 Å². The van der Waals surface area contributed by atoms with Gasteiger partial charge in [0, 0.05) is 33.6 Å². The number of hydrogen-bond acceptors (Lipinski definition) is 3. The van der Waals surface area contributed by atoms with Crippen LogP contribution in [0, 0.1) is 11.2 Å². The zero-order chi connectivity index (χ0) is 27.6. The predicted octanol–water partition coefficient (Wildman–Crippen LogP) is 5.98. The molecule has 2 heterocycles. The molecular weight excluding hydrogens is 550 g/mol.